The first-order valence-electron chi connectivity index (χ1n) is 6.83. The third-order valence-electron chi connectivity index (χ3n) is 3.36. The molecule has 2 heterocycles. The van der Waals surface area contributed by atoms with Gasteiger partial charge in [0, 0.05) is 29.9 Å². The normalized spacial score (nSPS) is 12.7. The Morgan fingerprint density at radius 3 is 3.00 bits per heavy atom. The molecule has 0 bridgehead atoms. The summed E-state index contributed by atoms with van der Waals surface area (Å²) in [7, 11) is 0. The summed E-state index contributed by atoms with van der Waals surface area (Å²) in [4.78, 5) is 4.28. The molecule has 20 heavy (non-hydrogen) atoms. The van der Waals surface area contributed by atoms with E-state index in [0.29, 0.717) is 0 Å². The number of aliphatic hydroxyl groups excluding tert-OH is 1. The van der Waals surface area contributed by atoms with E-state index in [1.165, 1.54) is 0 Å². The summed E-state index contributed by atoms with van der Waals surface area (Å²) in [6.45, 7) is 2.97. The number of rotatable bonds is 4. The van der Waals surface area contributed by atoms with Gasteiger partial charge in [0.15, 0.2) is 0 Å². The SMILES string of the molecule is CCCn1cc(C(O)c2ccc3ncccc3c2)cn1. The molecule has 3 aromatic rings. The molecule has 0 aliphatic carbocycles. The van der Waals surface area contributed by atoms with E-state index in [2.05, 4.69) is 17.0 Å². The van der Waals surface area contributed by atoms with Crippen LogP contribution in [0.3, 0.4) is 0 Å². The molecular formula is C16H17N3O. The molecule has 0 amide bonds. The zero-order chi connectivity index (χ0) is 13.9. The van der Waals surface area contributed by atoms with E-state index in [1.54, 1.807) is 12.4 Å². The monoisotopic (exact) mass is 267 g/mol. The van der Waals surface area contributed by atoms with Crippen LogP contribution in [0.25, 0.3) is 10.9 Å². The Labute approximate surface area is 117 Å². The maximum absolute atomic E-state index is 10.5. The molecule has 4 heteroatoms. The van der Waals surface area contributed by atoms with Crippen molar-refractivity contribution in [3.63, 3.8) is 0 Å². The van der Waals surface area contributed by atoms with Gasteiger partial charge in [0.1, 0.15) is 6.10 Å². The summed E-state index contributed by atoms with van der Waals surface area (Å²) in [5.74, 6) is 0. The second-order valence-electron chi connectivity index (χ2n) is 4.89. The molecule has 0 aliphatic heterocycles. The maximum Gasteiger partial charge on any atom is 0.107 e. The minimum Gasteiger partial charge on any atom is -0.384 e. The van der Waals surface area contributed by atoms with Gasteiger partial charge in [-0.05, 0) is 30.2 Å². The maximum atomic E-state index is 10.5. The van der Waals surface area contributed by atoms with Crippen molar-refractivity contribution in [2.45, 2.75) is 26.0 Å². The van der Waals surface area contributed by atoms with Crippen molar-refractivity contribution in [3.8, 4) is 0 Å². The molecule has 0 spiro atoms. The Hall–Kier alpha value is -2.20. The largest absolute Gasteiger partial charge is 0.384 e. The molecule has 102 valence electrons. The van der Waals surface area contributed by atoms with Crippen LogP contribution in [0, 0.1) is 0 Å². The minimum absolute atomic E-state index is 0.648. The van der Waals surface area contributed by atoms with Crippen LogP contribution in [-0.2, 0) is 6.54 Å². The third kappa shape index (κ3) is 2.42. The number of benzene rings is 1. The fourth-order valence-corrected chi connectivity index (χ4v) is 2.33. The van der Waals surface area contributed by atoms with Crippen molar-refractivity contribution in [3.05, 3.63) is 60.0 Å². The Morgan fingerprint density at radius 2 is 2.15 bits per heavy atom. The van der Waals surface area contributed by atoms with Crippen LogP contribution in [0.2, 0.25) is 0 Å². The number of aromatic nitrogens is 3. The number of aryl methyl sites for hydroxylation is 1. The zero-order valence-corrected chi connectivity index (χ0v) is 11.4. The Bertz CT molecular complexity index is 720. The number of aliphatic hydroxyl groups is 1. The highest BCUT2D eigenvalue weighted by molar-refractivity contribution is 5.79. The van der Waals surface area contributed by atoms with Crippen LogP contribution in [0.5, 0.6) is 0 Å². The molecule has 0 fully saturated rings. The van der Waals surface area contributed by atoms with Crippen molar-refractivity contribution >= 4 is 10.9 Å². The first kappa shape index (κ1) is 12.8. The van der Waals surface area contributed by atoms with Crippen molar-refractivity contribution in [1.82, 2.24) is 14.8 Å². The van der Waals surface area contributed by atoms with E-state index < -0.39 is 6.10 Å². The Morgan fingerprint density at radius 1 is 1.25 bits per heavy atom. The lowest BCUT2D eigenvalue weighted by atomic mass is 10.0. The first-order valence-corrected chi connectivity index (χ1v) is 6.83. The third-order valence-corrected chi connectivity index (χ3v) is 3.36. The molecule has 3 rings (SSSR count). The van der Waals surface area contributed by atoms with Crippen LogP contribution in [0.1, 0.15) is 30.6 Å². The molecule has 2 aromatic heterocycles. The fourth-order valence-electron chi connectivity index (χ4n) is 2.33. The van der Waals surface area contributed by atoms with Crippen LogP contribution >= 0.6 is 0 Å². The molecular weight excluding hydrogens is 250 g/mol. The van der Waals surface area contributed by atoms with Gasteiger partial charge in [-0.1, -0.05) is 19.1 Å². The fraction of sp³-hybridized carbons (Fsp3) is 0.250. The lowest BCUT2D eigenvalue weighted by Gasteiger charge is -2.09. The Balaban J connectivity index is 1.92. The van der Waals surface area contributed by atoms with E-state index in [9.17, 15) is 5.11 Å². The first-order chi connectivity index (χ1) is 9.78. The summed E-state index contributed by atoms with van der Waals surface area (Å²) < 4.78 is 1.86. The van der Waals surface area contributed by atoms with Gasteiger partial charge in [0.25, 0.3) is 0 Å². The van der Waals surface area contributed by atoms with Crippen LogP contribution in [-0.4, -0.2) is 19.9 Å². The second-order valence-corrected chi connectivity index (χ2v) is 4.89. The van der Waals surface area contributed by atoms with Gasteiger partial charge < -0.3 is 5.11 Å². The molecule has 0 aliphatic rings. The number of nitrogens with zero attached hydrogens (tertiary/aromatic N) is 3. The van der Waals surface area contributed by atoms with Crippen molar-refractivity contribution in [2.24, 2.45) is 0 Å². The highest BCUT2D eigenvalue weighted by atomic mass is 16.3. The topological polar surface area (TPSA) is 50.9 Å². The van der Waals surface area contributed by atoms with E-state index in [4.69, 9.17) is 0 Å². The molecule has 1 N–H and O–H groups in total. The summed E-state index contributed by atoms with van der Waals surface area (Å²) in [6.07, 6.45) is 5.78. The molecule has 0 saturated carbocycles. The van der Waals surface area contributed by atoms with Crippen molar-refractivity contribution in [1.29, 1.82) is 0 Å². The summed E-state index contributed by atoms with van der Waals surface area (Å²) in [6, 6.07) is 9.72. The smallest absolute Gasteiger partial charge is 0.107 e. The average Bonchev–Trinajstić information content (AvgIpc) is 2.95. The molecule has 4 nitrogen and oxygen atoms in total. The van der Waals surface area contributed by atoms with E-state index in [-0.39, 0.29) is 0 Å². The predicted molar refractivity (Wildman–Crippen MR) is 78.3 cm³/mol. The minimum atomic E-state index is -0.648. The molecule has 1 unspecified atom stereocenters. The lowest BCUT2D eigenvalue weighted by molar-refractivity contribution is 0.220. The van der Waals surface area contributed by atoms with E-state index >= 15 is 0 Å². The highest BCUT2D eigenvalue weighted by Crippen LogP contribution is 2.24. The summed E-state index contributed by atoms with van der Waals surface area (Å²) in [5, 5.41) is 15.8. The molecule has 1 atom stereocenters. The Kier molecular flexibility index (Phi) is 3.48. The quantitative estimate of drug-likeness (QED) is 0.790. The predicted octanol–water partition coefficient (Wildman–Crippen LogP) is 2.92. The van der Waals surface area contributed by atoms with Gasteiger partial charge in [0.05, 0.1) is 11.7 Å². The highest BCUT2D eigenvalue weighted by Gasteiger charge is 2.13. The van der Waals surface area contributed by atoms with Gasteiger partial charge >= 0.3 is 0 Å². The standard InChI is InChI=1S/C16H17N3O/c1-2-8-19-11-14(10-18-19)16(20)13-5-6-15-12(9-13)4-3-7-17-15/h3-7,9-11,16,20H,2,8H2,1H3. The molecule has 0 saturated heterocycles. The second kappa shape index (κ2) is 5.43. The van der Waals surface area contributed by atoms with Gasteiger partial charge in [-0.15, -0.1) is 0 Å². The number of fused-ring (bicyclic) bond motifs is 1. The van der Waals surface area contributed by atoms with Crippen molar-refractivity contribution in [2.75, 3.05) is 0 Å². The summed E-state index contributed by atoms with van der Waals surface area (Å²) >= 11 is 0. The summed E-state index contributed by atoms with van der Waals surface area (Å²) in [5.41, 5.74) is 2.62. The van der Waals surface area contributed by atoms with Crippen LogP contribution in [0.4, 0.5) is 0 Å². The van der Waals surface area contributed by atoms with Gasteiger partial charge in [-0.3, -0.25) is 9.67 Å². The van der Waals surface area contributed by atoms with Crippen LogP contribution < -0.4 is 0 Å². The number of hydrogen-bond acceptors (Lipinski definition) is 3. The molecule has 1 aromatic carbocycles. The number of pyridine rings is 1. The van der Waals surface area contributed by atoms with Gasteiger partial charge in [-0.2, -0.15) is 5.10 Å². The lowest BCUT2D eigenvalue weighted by Crippen LogP contribution is -1.99. The van der Waals surface area contributed by atoms with E-state index in [1.807, 2.05) is 41.2 Å². The average molecular weight is 267 g/mol. The van der Waals surface area contributed by atoms with Gasteiger partial charge in [0.2, 0.25) is 0 Å². The zero-order valence-electron chi connectivity index (χ0n) is 11.4. The van der Waals surface area contributed by atoms with Crippen LogP contribution in [0.15, 0.2) is 48.9 Å². The molecule has 0 radical (unpaired) electrons. The van der Waals surface area contributed by atoms with E-state index in [0.717, 1.165) is 35.0 Å². The number of hydrogen-bond donors (Lipinski definition) is 1. The van der Waals surface area contributed by atoms with Gasteiger partial charge in [-0.25, -0.2) is 0 Å². The van der Waals surface area contributed by atoms with Crippen molar-refractivity contribution < 1.29 is 5.11 Å².